The van der Waals surface area contributed by atoms with Crippen LogP contribution in [0.3, 0.4) is 0 Å². The molecule has 0 spiro atoms. The van der Waals surface area contributed by atoms with Gasteiger partial charge in [0, 0.05) is 29.1 Å². The van der Waals surface area contributed by atoms with Crippen LogP contribution in [0.1, 0.15) is 16.1 Å². The number of anilines is 2. The maximum absolute atomic E-state index is 5.34. The summed E-state index contributed by atoms with van der Waals surface area (Å²) in [7, 11) is 0. The van der Waals surface area contributed by atoms with Crippen molar-refractivity contribution in [2.45, 2.75) is 13.8 Å². The van der Waals surface area contributed by atoms with Gasteiger partial charge in [-0.15, -0.1) is 0 Å². The molecule has 1 aliphatic heterocycles. The van der Waals surface area contributed by atoms with E-state index in [0.717, 1.165) is 39.3 Å². The number of amidine groups is 1. The van der Waals surface area contributed by atoms with Gasteiger partial charge in [-0.25, -0.2) is 4.98 Å². The third kappa shape index (κ3) is 4.15. The smallest absolute Gasteiger partial charge is 0.291 e. The predicted molar refractivity (Wildman–Crippen MR) is 150 cm³/mol. The first-order valence-corrected chi connectivity index (χ1v) is 12.8. The van der Waals surface area contributed by atoms with Crippen LogP contribution in [-0.4, -0.2) is 10.8 Å². The molecule has 0 amide bonds. The van der Waals surface area contributed by atoms with Crippen molar-refractivity contribution >= 4 is 39.4 Å². The van der Waals surface area contributed by atoms with E-state index in [4.69, 9.17) is 10.1 Å². The molecule has 0 saturated heterocycles. The highest BCUT2D eigenvalue weighted by Gasteiger charge is 2.56. The second kappa shape index (κ2) is 10.3. The van der Waals surface area contributed by atoms with Gasteiger partial charge in [-0.3, -0.25) is 0 Å². The molecular weight excluding hydrogens is 542 g/mol. The Kier molecular flexibility index (Phi) is 6.93. The third-order valence-electron chi connectivity index (χ3n) is 6.43. The van der Waals surface area contributed by atoms with Crippen LogP contribution in [0.15, 0.2) is 126 Å². The van der Waals surface area contributed by atoms with E-state index in [0.29, 0.717) is 0 Å². The first-order valence-electron chi connectivity index (χ1n) is 11.9. The van der Waals surface area contributed by atoms with Crippen molar-refractivity contribution in [1.82, 2.24) is 9.58 Å². The van der Waals surface area contributed by atoms with E-state index in [1.165, 1.54) is 4.88 Å². The van der Waals surface area contributed by atoms with Crippen molar-refractivity contribution in [3.8, 4) is 0 Å². The van der Waals surface area contributed by atoms with Crippen LogP contribution in [0, 0.1) is 13.8 Å². The average molecular weight is 569 g/mol. The molecule has 184 valence electrons. The summed E-state index contributed by atoms with van der Waals surface area (Å²) in [4.78, 5) is 6.11. The molecule has 0 N–H and O–H groups in total. The van der Waals surface area contributed by atoms with Crippen molar-refractivity contribution < 1.29 is 17.0 Å². The van der Waals surface area contributed by atoms with E-state index in [2.05, 4.69) is 128 Å². The van der Waals surface area contributed by atoms with Gasteiger partial charge in [-0.05, 0) is 38.1 Å². The van der Waals surface area contributed by atoms with Gasteiger partial charge in [-0.1, -0.05) is 104 Å². The van der Waals surface area contributed by atoms with E-state index >= 15 is 0 Å². The number of para-hydroxylation sites is 3. The lowest BCUT2D eigenvalue weighted by molar-refractivity contribution is -0.00000710. The highest BCUT2D eigenvalue weighted by Crippen LogP contribution is 2.47. The second-order valence-electron chi connectivity index (χ2n) is 8.65. The molecule has 2 heterocycles. The number of hydrogen-bond donors (Lipinski definition) is 0. The molecule has 5 nitrogen and oxygen atoms in total. The molecular formula is C30H26BrN5S. The van der Waals surface area contributed by atoms with Crippen LogP contribution in [0.5, 0.6) is 0 Å². The number of rotatable bonds is 5. The van der Waals surface area contributed by atoms with Gasteiger partial charge in [0.15, 0.2) is 11.4 Å². The van der Waals surface area contributed by atoms with Crippen molar-refractivity contribution in [2.75, 3.05) is 10.2 Å². The van der Waals surface area contributed by atoms with Crippen molar-refractivity contribution in [1.29, 1.82) is 0 Å². The van der Waals surface area contributed by atoms with Crippen LogP contribution >= 0.6 is 11.3 Å². The summed E-state index contributed by atoms with van der Waals surface area (Å²) < 4.78 is 0.257. The molecule has 0 fully saturated rings. The number of halogens is 1. The van der Waals surface area contributed by atoms with Crippen LogP contribution in [0.2, 0.25) is 0 Å². The Morgan fingerprint density at radius 1 is 0.649 bits per heavy atom. The van der Waals surface area contributed by atoms with Crippen LogP contribution in [-0.2, 0) is 0 Å². The number of hydrazine groups is 1. The summed E-state index contributed by atoms with van der Waals surface area (Å²) >= 11 is 1.65. The first kappa shape index (κ1) is 24.9. The molecule has 0 atom stereocenters. The van der Waals surface area contributed by atoms with Gasteiger partial charge in [-0.2, -0.15) is 0 Å². The summed E-state index contributed by atoms with van der Waals surface area (Å²) in [5.41, 5.74) is 5.21. The minimum atomic E-state index is 0. The number of thiazole rings is 1. The molecule has 37 heavy (non-hydrogen) atoms. The zero-order chi connectivity index (χ0) is 24.5. The van der Waals surface area contributed by atoms with Gasteiger partial charge >= 0.3 is 0 Å². The summed E-state index contributed by atoms with van der Waals surface area (Å²) in [5.74, 6) is 0.891. The number of hydrazone groups is 1. The SMILES string of the molecule is Cc1nc(N2N=C(c3ccccc3)[N+](c3ccccc3)(c3ccccc3)N2c2ccccc2)sc1C.[Br-]. The van der Waals surface area contributed by atoms with E-state index in [-0.39, 0.29) is 21.6 Å². The van der Waals surface area contributed by atoms with Crippen LogP contribution < -0.4 is 31.8 Å². The fourth-order valence-electron chi connectivity index (χ4n) is 4.65. The number of aryl methyl sites for hydroxylation is 2. The number of aromatic nitrogens is 1. The average Bonchev–Trinajstić information content (AvgIpc) is 3.48. The molecule has 7 heteroatoms. The van der Waals surface area contributed by atoms with Crippen LogP contribution in [0.4, 0.5) is 22.2 Å². The Morgan fingerprint density at radius 3 is 1.62 bits per heavy atom. The summed E-state index contributed by atoms with van der Waals surface area (Å²) in [6, 6.07) is 42.0. The maximum atomic E-state index is 5.34. The van der Waals surface area contributed by atoms with Gasteiger partial charge in [0.2, 0.25) is 5.13 Å². The van der Waals surface area contributed by atoms with Crippen LogP contribution in [0.25, 0.3) is 0 Å². The Balaban J connectivity index is 0.00000280. The molecule has 5 aromatic rings. The first-order chi connectivity index (χ1) is 17.7. The van der Waals surface area contributed by atoms with E-state index in [9.17, 15) is 0 Å². The number of quaternary nitrogens is 1. The largest absolute Gasteiger partial charge is 1.00 e. The Hall–Kier alpha value is -3.78. The molecule has 0 bridgehead atoms. The normalized spacial score (nSPS) is 14.3. The molecule has 1 aliphatic rings. The quantitative estimate of drug-likeness (QED) is 0.290. The standard InChI is InChI=1S/C30H26N5S.BrH/c1-23-24(2)36-30(31-23)33-32-29(25-15-7-3-8-16-25)35(27-19-11-5-12-20-27,28-21-13-6-14-22-28)34(33)26-17-9-4-10-18-26;/h3-22H,1-2H3;1H/q+1;/p-1. The van der Waals surface area contributed by atoms with Gasteiger partial charge in [0.05, 0.1) is 11.3 Å². The van der Waals surface area contributed by atoms with E-state index < -0.39 is 0 Å². The third-order valence-corrected chi connectivity index (χ3v) is 7.47. The predicted octanol–water partition coefficient (Wildman–Crippen LogP) is 4.62. The highest BCUT2D eigenvalue weighted by molar-refractivity contribution is 7.15. The zero-order valence-electron chi connectivity index (χ0n) is 20.6. The minimum absolute atomic E-state index is 0. The van der Waals surface area contributed by atoms with Crippen molar-refractivity contribution in [3.05, 3.63) is 137 Å². The summed E-state index contributed by atoms with van der Waals surface area (Å²) in [6.07, 6.45) is 0. The molecule has 1 aromatic heterocycles. The number of benzene rings is 4. The minimum Gasteiger partial charge on any atom is -1.00 e. The molecule has 0 saturated carbocycles. The Bertz CT molecular complexity index is 1450. The second-order valence-corrected chi connectivity index (χ2v) is 9.83. The number of nitrogens with zero attached hydrogens (tertiary/aromatic N) is 5. The van der Waals surface area contributed by atoms with E-state index in [1.807, 2.05) is 17.3 Å². The van der Waals surface area contributed by atoms with Gasteiger partial charge in [0.1, 0.15) is 5.69 Å². The maximum Gasteiger partial charge on any atom is 0.291 e. The molecule has 0 unspecified atom stereocenters. The Morgan fingerprint density at radius 2 is 1.14 bits per heavy atom. The number of hydrogen-bond acceptors (Lipinski definition) is 5. The lowest BCUT2D eigenvalue weighted by Gasteiger charge is -2.41. The van der Waals surface area contributed by atoms with Crippen molar-refractivity contribution in [2.24, 2.45) is 5.10 Å². The van der Waals surface area contributed by atoms with Gasteiger partial charge < -0.3 is 17.0 Å². The van der Waals surface area contributed by atoms with Gasteiger partial charge in [0.25, 0.3) is 5.84 Å². The fourth-order valence-corrected chi connectivity index (χ4v) is 5.50. The monoisotopic (exact) mass is 567 g/mol. The molecule has 6 rings (SSSR count). The topological polar surface area (TPSA) is 31.7 Å². The molecule has 0 aliphatic carbocycles. The van der Waals surface area contributed by atoms with Crippen molar-refractivity contribution in [3.63, 3.8) is 0 Å². The lowest BCUT2D eigenvalue weighted by atomic mass is 10.1. The highest BCUT2D eigenvalue weighted by atomic mass is 79.9. The molecule has 4 aromatic carbocycles. The fraction of sp³-hybridized carbons (Fsp3) is 0.0667. The zero-order valence-corrected chi connectivity index (χ0v) is 23.0. The lowest BCUT2D eigenvalue weighted by Crippen LogP contribution is -3.00. The molecule has 0 radical (unpaired) electrons. The summed E-state index contributed by atoms with van der Waals surface area (Å²) in [5, 5.41) is 10.4. The Labute approximate surface area is 231 Å². The summed E-state index contributed by atoms with van der Waals surface area (Å²) in [6.45, 7) is 4.16. The van der Waals surface area contributed by atoms with E-state index in [1.54, 1.807) is 11.3 Å².